The Kier molecular flexibility index (Phi) is 9.75. The van der Waals surface area contributed by atoms with Crippen molar-refractivity contribution in [2.45, 2.75) is 38.8 Å². The van der Waals surface area contributed by atoms with Gasteiger partial charge in [-0.3, -0.25) is 24.1 Å². The maximum absolute atomic E-state index is 11.9. The summed E-state index contributed by atoms with van der Waals surface area (Å²) in [4.78, 5) is 45.5. The number of carboxylic acid groups (broad SMARTS) is 2. The Hall–Kier alpha value is -2.00. The topological polar surface area (TPSA) is 136 Å². The highest BCUT2D eigenvalue weighted by atomic mass is 16.4. The highest BCUT2D eigenvalue weighted by molar-refractivity contribution is 5.81. The highest BCUT2D eigenvalue weighted by Gasteiger charge is 2.19. The zero-order valence-electron chi connectivity index (χ0n) is 13.7. The molecule has 2 atom stereocenters. The Morgan fingerprint density at radius 2 is 1.52 bits per heavy atom. The lowest BCUT2D eigenvalue weighted by Crippen LogP contribution is -2.45. The molecular formula is C14H25N3O6. The second kappa shape index (κ2) is 10.7. The first kappa shape index (κ1) is 21.0. The number of carbonyl (C=O) groups is 4. The zero-order valence-corrected chi connectivity index (χ0v) is 13.7. The van der Waals surface area contributed by atoms with E-state index in [4.69, 9.17) is 10.2 Å². The van der Waals surface area contributed by atoms with Gasteiger partial charge in [-0.1, -0.05) is 0 Å². The van der Waals surface area contributed by atoms with Crippen LogP contribution in [-0.2, 0) is 19.2 Å². The molecule has 23 heavy (non-hydrogen) atoms. The van der Waals surface area contributed by atoms with Crippen LogP contribution in [0.2, 0.25) is 0 Å². The third-order valence-electron chi connectivity index (χ3n) is 3.22. The Bertz CT molecular complexity index is 424. The molecular weight excluding hydrogens is 306 g/mol. The van der Waals surface area contributed by atoms with E-state index in [0.717, 1.165) is 4.90 Å². The van der Waals surface area contributed by atoms with E-state index in [1.54, 1.807) is 14.0 Å². The van der Waals surface area contributed by atoms with Gasteiger partial charge in [0.05, 0.1) is 25.7 Å². The maximum atomic E-state index is 11.9. The lowest BCUT2D eigenvalue weighted by Gasteiger charge is -2.21. The Morgan fingerprint density at radius 1 is 1.00 bits per heavy atom. The van der Waals surface area contributed by atoms with E-state index >= 15 is 0 Å². The molecule has 2 unspecified atom stereocenters. The molecule has 0 heterocycles. The molecule has 0 saturated carbocycles. The van der Waals surface area contributed by atoms with E-state index in [1.807, 2.05) is 0 Å². The van der Waals surface area contributed by atoms with Gasteiger partial charge in [-0.2, -0.15) is 0 Å². The van der Waals surface area contributed by atoms with Crippen LogP contribution in [0.1, 0.15) is 26.7 Å². The van der Waals surface area contributed by atoms with Gasteiger partial charge in [0.25, 0.3) is 0 Å². The van der Waals surface area contributed by atoms with Crippen LogP contribution in [0.25, 0.3) is 0 Å². The van der Waals surface area contributed by atoms with Gasteiger partial charge in [0.15, 0.2) is 0 Å². The SMILES string of the molecule is CNC(CCC(C)NC(=O)CN(CC(=O)O)CC(=O)O)C(C)=O. The van der Waals surface area contributed by atoms with E-state index in [9.17, 15) is 19.2 Å². The van der Waals surface area contributed by atoms with Crippen LogP contribution in [0.4, 0.5) is 0 Å². The van der Waals surface area contributed by atoms with Crippen LogP contribution >= 0.6 is 0 Å². The lowest BCUT2D eigenvalue weighted by molar-refractivity contribution is -0.142. The number of ketones is 1. The molecule has 9 nitrogen and oxygen atoms in total. The second-order valence-corrected chi connectivity index (χ2v) is 5.43. The number of Topliss-reactive ketones (excluding diaryl/α,β-unsaturated/α-hetero) is 1. The molecule has 9 heteroatoms. The molecule has 0 bridgehead atoms. The minimum Gasteiger partial charge on any atom is -0.480 e. The summed E-state index contributed by atoms with van der Waals surface area (Å²) in [5.41, 5.74) is 0. The third-order valence-corrected chi connectivity index (χ3v) is 3.22. The molecule has 0 aliphatic rings. The Balaban J connectivity index is 4.35. The van der Waals surface area contributed by atoms with Crippen molar-refractivity contribution < 1.29 is 29.4 Å². The van der Waals surface area contributed by atoms with Gasteiger partial charge in [0.2, 0.25) is 5.91 Å². The van der Waals surface area contributed by atoms with E-state index in [0.29, 0.717) is 12.8 Å². The van der Waals surface area contributed by atoms with Crippen molar-refractivity contribution in [2.24, 2.45) is 0 Å². The molecule has 0 radical (unpaired) electrons. The molecule has 0 aliphatic carbocycles. The summed E-state index contributed by atoms with van der Waals surface area (Å²) in [6.07, 6.45) is 1.12. The van der Waals surface area contributed by atoms with Crippen LogP contribution in [0.5, 0.6) is 0 Å². The smallest absolute Gasteiger partial charge is 0.317 e. The number of amides is 1. The standard InChI is InChI=1S/C14H25N3O6/c1-9(4-5-11(15-3)10(2)18)16-12(19)6-17(7-13(20)21)8-14(22)23/h9,11,15H,4-8H2,1-3H3,(H,16,19)(H,20,21)(H,22,23). The fourth-order valence-corrected chi connectivity index (χ4v) is 2.11. The van der Waals surface area contributed by atoms with Gasteiger partial charge >= 0.3 is 11.9 Å². The van der Waals surface area contributed by atoms with Crippen molar-refractivity contribution in [2.75, 3.05) is 26.7 Å². The average Bonchev–Trinajstić information content (AvgIpc) is 2.36. The molecule has 0 aromatic heterocycles. The van der Waals surface area contributed by atoms with Gasteiger partial charge in [-0.25, -0.2) is 0 Å². The highest BCUT2D eigenvalue weighted by Crippen LogP contribution is 2.02. The first-order valence-corrected chi connectivity index (χ1v) is 7.28. The van der Waals surface area contributed by atoms with E-state index in [1.165, 1.54) is 6.92 Å². The summed E-state index contributed by atoms with van der Waals surface area (Å²) in [6, 6.07) is -0.487. The van der Waals surface area contributed by atoms with Gasteiger partial charge in [0, 0.05) is 6.04 Å². The Morgan fingerprint density at radius 3 is 1.91 bits per heavy atom. The minimum absolute atomic E-state index is 0.0140. The summed E-state index contributed by atoms with van der Waals surface area (Å²) in [6.45, 7) is 1.88. The van der Waals surface area contributed by atoms with Gasteiger partial charge in [0.1, 0.15) is 5.78 Å². The molecule has 0 fully saturated rings. The first-order valence-electron chi connectivity index (χ1n) is 7.28. The first-order chi connectivity index (χ1) is 10.6. The molecule has 0 aliphatic heterocycles. The number of hydrogen-bond acceptors (Lipinski definition) is 6. The summed E-state index contributed by atoms with van der Waals surface area (Å²) in [5, 5.41) is 23.0. The number of rotatable bonds is 12. The molecule has 0 saturated heterocycles. The molecule has 1 amide bonds. The molecule has 4 N–H and O–H groups in total. The minimum atomic E-state index is -1.20. The molecule has 0 rings (SSSR count). The predicted octanol–water partition coefficient (Wildman–Crippen LogP) is -1.08. The van der Waals surface area contributed by atoms with Crippen LogP contribution in [0.15, 0.2) is 0 Å². The van der Waals surface area contributed by atoms with Crippen LogP contribution < -0.4 is 10.6 Å². The second-order valence-electron chi connectivity index (χ2n) is 5.43. The normalized spacial score (nSPS) is 13.4. The van der Waals surface area contributed by atoms with Crippen LogP contribution in [-0.4, -0.2) is 77.5 Å². The Labute approximate surface area is 135 Å². The predicted molar refractivity (Wildman–Crippen MR) is 82.1 cm³/mol. The van der Waals surface area contributed by atoms with Crippen LogP contribution in [0.3, 0.4) is 0 Å². The van der Waals surface area contributed by atoms with Crippen molar-refractivity contribution >= 4 is 23.6 Å². The van der Waals surface area contributed by atoms with Crippen molar-refractivity contribution in [1.82, 2.24) is 15.5 Å². The largest absolute Gasteiger partial charge is 0.480 e. The summed E-state index contributed by atoms with van der Waals surface area (Å²) in [5.74, 6) is -2.85. The van der Waals surface area contributed by atoms with Crippen molar-refractivity contribution in [3.8, 4) is 0 Å². The van der Waals surface area contributed by atoms with Crippen LogP contribution in [0, 0.1) is 0 Å². The number of aliphatic carboxylic acids is 2. The third kappa shape index (κ3) is 10.4. The summed E-state index contributed by atoms with van der Waals surface area (Å²) >= 11 is 0. The van der Waals surface area contributed by atoms with E-state index in [-0.39, 0.29) is 24.4 Å². The zero-order chi connectivity index (χ0) is 18.0. The van der Waals surface area contributed by atoms with Gasteiger partial charge in [-0.05, 0) is 33.7 Å². The van der Waals surface area contributed by atoms with Crippen molar-refractivity contribution in [1.29, 1.82) is 0 Å². The number of likely N-dealkylation sites (N-methyl/N-ethyl adjacent to an activating group) is 1. The van der Waals surface area contributed by atoms with Crippen molar-refractivity contribution in [3.05, 3.63) is 0 Å². The summed E-state index contributed by atoms with van der Waals surface area (Å²) < 4.78 is 0. The van der Waals surface area contributed by atoms with E-state index < -0.39 is 30.9 Å². The monoisotopic (exact) mass is 331 g/mol. The van der Waals surface area contributed by atoms with E-state index in [2.05, 4.69) is 10.6 Å². The maximum Gasteiger partial charge on any atom is 0.317 e. The molecule has 132 valence electrons. The summed E-state index contributed by atoms with van der Waals surface area (Å²) in [7, 11) is 1.69. The molecule has 0 spiro atoms. The average molecular weight is 331 g/mol. The fraction of sp³-hybridized carbons (Fsp3) is 0.714. The molecule has 0 aromatic carbocycles. The van der Waals surface area contributed by atoms with Crippen molar-refractivity contribution in [3.63, 3.8) is 0 Å². The number of hydrogen-bond donors (Lipinski definition) is 4. The quantitative estimate of drug-likeness (QED) is 0.354. The van der Waals surface area contributed by atoms with Gasteiger partial charge in [-0.15, -0.1) is 0 Å². The number of nitrogens with one attached hydrogen (secondary N) is 2. The fourth-order valence-electron chi connectivity index (χ4n) is 2.11. The molecule has 0 aromatic rings. The number of carboxylic acids is 2. The lowest BCUT2D eigenvalue weighted by atomic mass is 10.0. The number of nitrogens with zero attached hydrogens (tertiary/aromatic N) is 1. The number of carbonyl (C=O) groups excluding carboxylic acids is 2. The van der Waals surface area contributed by atoms with Gasteiger partial charge < -0.3 is 20.8 Å².